The van der Waals surface area contributed by atoms with E-state index in [4.69, 9.17) is 16.7 Å². The molecule has 0 unspecified atom stereocenters. The van der Waals surface area contributed by atoms with E-state index >= 15 is 0 Å². The molecule has 1 aromatic heterocycles. The van der Waals surface area contributed by atoms with Crippen molar-refractivity contribution in [1.29, 1.82) is 0 Å². The van der Waals surface area contributed by atoms with E-state index in [0.29, 0.717) is 24.3 Å². The van der Waals surface area contributed by atoms with Gasteiger partial charge in [-0.1, -0.05) is 78.3 Å². The highest BCUT2D eigenvalue weighted by Crippen LogP contribution is 2.26. The van der Waals surface area contributed by atoms with Crippen LogP contribution in [0.4, 0.5) is 0 Å². The molecule has 6 heteroatoms. The second-order valence-corrected chi connectivity index (χ2v) is 8.60. The quantitative estimate of drug-likeness (QED) is 0.417. The zero-order valence-corrected chi connectivity index (χ0v) is 19.0. The van der Waals surface area contributed by atoms with Gasteiger partial charge in [-0.05, 0) is 23.8 Å². The number of nitrogens with zero attached hydrogens (tertiary/aromatic N) is 4. The molecule has 0 spiro atoms. The predicted molar refractivity (Wildman–Crippen MR) is 132 cm³/mol. The van der Waals surface area contributed by atoms with Crippen LogP contribution in [0.1, 0.15) is 15.9 Å². The smallest absolute Gasteiger partial charge is 0.257 e. The van der Waals surface area contributed by atoms with E-state index in [1.807, 2.05) is 90.0 Å². The number of carbonyl (C=O) groups is 1. The van der Waals surface area contributed by atoms with Crippen LogP contribution < -0.4 is 0 Å². The van der Waals surface area contributed by atoms with Gasteiger partial charge in [0.2, 0.25) is 0 Å². The lowest BCUT2D eigenvalue weighted by Gasteiger charge is -2.34. The van der Waals surface area contributed by atoms with E-state index in [1.165, 1.54) is 0 Å². The van der Waals surface area contributed by atoms with Gasteiger partial charge in [0.05, 0.1) is 11.3 Å². The molecule has 5 nitrogen and oxygen atoms in total. The number of aromatic nitrogens is 2. The van der Waals surface area contributed by atoms with Crippen molar-refractivity contribution in [2.24, 2.45) is 0 Å². The van der Waals surface area contributed by atoms with Crippen molar-refractivity contribution in [2.45, 2.75) is 6.54 Å². The normalized spacial score (nSPS) is 14.4. The first-order valence-corrected chi connectivity index (χ1v) is 11.5. The van der Waals surface area contributed by atoms with Crippen molar-refractivity contribution in [2.75, 3.05) is 26.2 Å². The molecule has 1 aliphatic heterocycles. The van der Waals surface area contributed by atoms with Gasteiger partial charge in [-0.3, -0.25) is 9.69 Å². The molecule has 1 fully saturated rings. The zero-order chi connectivity index (χ0) is 22.6. The van der Waals surface area contributed by atoms with Crippen LogP contribution in [0.5, 0.6) is 0 Å². The highest BCUT2D eigenvalue weighted by Gasteiger charge is 2.26. The van der Waals surface area contributed by atoms with Crippen molar-refractivity contribution in [1.82, 2.24) is 19.6 Å². The highest BCUT2D eigenvalue weighted by molar-refractivity contribution is 6.31. The lowest BCUT2D eigenvalue weighted by molar-refractivity contribution is 0.0629. The maximum atomic E-state index is 13.6. The Balaban J connectivity index is 1.36. The third-order valence-electron chi connectivity index (χ3n) is 6.02. The van der Waals surface area contributed by atoms with Gasteiger partial charge in [0, 0.05) is 49.5 Å². The zero-order valence-electron chi connectivity index (χ0n) is 18.3. The summed E-state index contributed by atoms with van der Waals surface area (Å²) < 4.78 is 1.79. The topological polar surface area (TPSA) is 41.4 Å². The third kappa shape index (κ3) is 4.70. The Kier molecular flexibility index (Phi) is 6.24. The van der Waals surface area contributed by atoms with Crippen LogP contribution in [-0.2, 0) is 6.54 Å². The largest absolute Gasteiger partial charge is 0.336 e. The Morgan fingerprint density at radius 1 is 0.818 bits per heavy atom. The molecule has 166 valence electrons. The first-order valence-electron chi connectivity index (χ1n) is 11.1. The van der Waals surface area contributed by atoms with Crippen LogP contribution in [0, 0.1) is 0 Å². The van der Waals surface area contributed by atoms with Gasteiger partial charge in [0.1, 0.15) is 5.69 Å². The molecule has 2 heterocycles. The number of carbonyl (C=O) groups excluding carboxylic acids is 1. The first kappa shape index (κ1) is 21.4. The van der Waals surface area contributed by atoms with Gasteiger partial charge in [-0.25, -0.2) is 4.68 Å². The number of halogens is 1. The average Bonchev–Trinajstić information content (AvgIpc) is 3.32. The summed E-state index contributed by atoms with van der Waals surface area (Å²) in [6.07, 6.45) is 1.86. The molecule has 4 aromatic rings. The van der Waals surface area contributed by atoms with Gasteiger partial charge in [-0.15, -0.1) is 0 Å². The fourth-order valence-electron chi connectivity index (χ4n) is 4.20. The van der Waals surface area contributed by atoms with Crippen LogP contribution in [-0.4, -0.2) is 51.7 Å². The Labute approximate surface area is 198 Å². The van der Waals surface area contributed by atoms with Crippen LogP contribution in [0.3, 0.4) is 0 Å². The Morgan fingerprint density at radius 3 is 2.15 bits per heavy atom. The lowest BCUT2D eigenvalue weighted by Crippen LogP contribution is -2.48. The first-order chi connectivity index (χ1) is 16.2. The predicted octanol–water partition coefficient (Wildman–Crippen LogP) is 5.15. The van der Waals surface area contributed by atoms with E-state index in [0.717, 1.165) is 41.5 Å². The summed E-state index contributed by atoms with van der Waals surface area (Å²) >= 11 is 6.33. The van der Waals surface area contributed by atoms with Gasteiger partial charge in [0.15, 0.2) is 0 Å². The summed E-state index contributed by atoms with van der Waals surface area (Å²) in [6.45, 7) is 3.76. The maximum Gasteiger partial charge on any atom is 0.257 e. The Bertz CT molecular complexity index is 1230. The van der Waals surface area contributed by atoms with Crippen molar-refractivity contribution >= 4 is 17.5 Å². The molecule has 0 saturated carbocycles. The van der Waals surface area contributed by atoms with Gasteiger partial charge >= 0.3 is 0 Å². The number of hydrogen-bond acceptors (Lipinski definition) is 3. The van der Waals surface area contributed by atoms with Crippen molar-refractivity contribution in [3.05, 3.63) is 107 Å². The van der Waals surface area contributed by atoms with Gasteiger partial charge < -0.3 is 4.90 Å². The van der Waals surface area contributed by atoms with Crippen LogP contribution >= 0.6 is 11.6 Å². The molecule has 33 heavy (non-hydrogen) atoms. The summed E-state index contributed by atoms with van der Waals surface area (Å²) in [4.78, 5) is 17.9. The SMILES string of the molecule is O=C(c1cn(-c2ccccc2)nc1-c1ccccc1)N1CCN(Cc2ccccc2Cl)CC1. The number of piperazine rings is 1. The fraction of sp³-hybridized carbons (Fsp3) is 0.185. The highest BCUT2D eigenvalue weighted by atomic mass is 35.5. The molecule has 0 N–H and O–H groups in total. The minimum atomic E-state index is 0.0217. The minimum Gasteiger partial charge on any atom is -0.336 e. The number of rotatable bonds is 5. The van der Waals surface area contributed by atoms with Gasteiger partial charge in [0.25, 0.3) is 5.91 Å². The molecule has 1 saturated heterocycles. The summed E-state index contributed by atoms with van der Waals surface area (Å²) in [5.41, 5.74) is 4.33. The number of amides is 1. The number of para-hydroxylation sites is 1. The van der Waals surface area contributed by atoms with E-state index in [9.17, 15) is 4.79 Å². The lowest BCUT2D eigenvalue weighted by atomic mass is 10.1. The second-order valence-electron chi connectivity index (χ2n) is 8.20. The molecule has 0 radical (unpaired) electrons. The van der Waals surface area contributed by atoms with E-state index < -0.39 is 0 Å². The van der Waals surface area contributed by atoms with Crippen LogP contribution in [0.2, 0.25) is 5.02 Å². The number of benzene rings is 3. The molecular formula is C27H25ClN4O. The van der Waals surface area contributed by atoms with Crippen molar-refractivity contribution < 1.29 is 4.79 Å². The van der Waals surface area contributed by atoms with Crippen LogP contribution in [0.25, 0.3) is 16.9 Å². The molecule has 5 rings (SSSR count). The molecule has 0 bridgehead atoms. The Morgan fingerprint density at radius 2 is 1.45 bits per heavy atom. The van der Waals surface area contributed by atoms with Gasteiger partial charge in [-0.2, -0.15) is 5.10 Å². The summed E-state index contributed by atoms with van der Waals surface area (Å²) in [5.74, 6) is 0.0217. The molecule has 0 aliphatic carbocycles. The minimum absolute atomic E-state index is 0.0217. The molecule has 1 aliphatic rings. The molecular weight excluding hydrogens is 432 g/mol. The maximum absolute atomic E-state index is 13.6. The van der Waals surface area contributed by atoms with E-state index in [2.05, 4.69) is 11.0 Å². The third-order valence-corrected chi connectivity index (χ3v) is 6.39. The number of hydrogen-bond donors (Lipinski definition) is 0. The fourth-order valence-corrected chi connectivity index (χ4v) is 4.40. The van der Waals surface area contributed by atoms with Crippen molar-refractivity contribution in [3.8, 4) is 16.9 Å². The Hall–Kier alpha value is -3.41. The van der Waals surface area contributed by atoms with E-state index in [-0.39, 0.29) is 5.91 Å². The second kappa shape index (κ2) is 9.61. The molecule has 1 amide bonds. The summed E-state index contributed by atoms with van der Waals surface area (Å²) in [6, 6.07) is 27.7. The van der Waals surface area contributed by atoms with Crippen LogP contribution in [0.15, 0.2) is 91.1 Å². The summed E-state index contributed by atoms with van der Waals surface area (Å²) in [5, 5.41) is 5.58. The van der Waals surface area contributed by atoms with E-state index in [1.54, 1.807) is 4.68 Å². The standard InChI is InChI=1S/C27H25ClN4O/c28-25-14-8-7-11-22(25)19-30-15-17-31(18-16-30)27(33)24-20-32(23-12-5-2-6-13-23)29-26(24)21-9-3-1-4-10-21/h1-14,20H,15-19H2. The molecule has 0 atom stereocenters. The summed E-state index contributed by atoms with van der Waals surface area (Å²) in [7, 11) is 0. The monoisotopic (exact) mass is 456 g/mol. The average molecular weight is 457 g/mol. The van der Waals surface area contributed by atoms with Crippen molar-refractivity contribution in [3.63, 3.8) is 0 Å². The molecule has 3 aromatic carbocycles.